The number of hydrogen-bond donors (Lipinski definition) is 2. The highest BCUT2D eigenvalue weighted by Gasteiger charge is 2.35. The number of urea groups is 1. The molecule has 0 saturated carbocycles. The van der Waals surface area contributed by atoms with Crippen molar-refractivity contribution in [3.8, 4) is 0 Å². The van der Waals surface area contributed by atoms with Crippen LogP contribution in [-0.2, 0) is 12.7 Å². The number of fused-ring (bicyclic) bond motifs is 1. The average Bonchev–Trinajstić information content (AvgIpc) is 2.15. The van der Waals surface area contributed by atoms with E-state index in [4.69, 9.17) is 0 Å². The zero-order valence-electron chi connectivity index (χ0n) is 7.48. The lowest BCUT2D eigenvalue weighted by Gasteiger charge is -2.22. The lowest BCUT2D eigenvalue weighted by atomic mass is 10.1. The minimum absolute atomic E-state index is 0.116. The van der Waals surface area contributed by atoms with Gasteiger partial charge in [-0.25, -0.2) is 4.79 Å². The molecule has 0 radical (unpaired) electrons. The Morgan fingerprint density at radius 2 is 2.00 bits per heavy atom. The van der Waals surface area contributed by atoms with Crippen LogP contribution in [0.5, 0.6) is 0 Å². The minimum atomic E-state index is -4.45. The quantitative estimate of drug-likeness (QED) is 0.686. The number of rotatable bonds is 0. The Kier molecular flexibility index (Phi) is 2.06. The van der Waals surface area contributed by atoms with Crippen molar-refractivity contribution >= 4 is 11.7 Å². The van der Waals surface area contributed by atoms with E-state index in [0.29, 0.717) is 5.56 Å². The molecule has 1 aliphatic rings. The number of carbonyl (C=O) groups excluding carboxylic acids is 1. The van der Waals surface area contributed by atoms with Gasteiger partial charge in [0.15, 0.2) is 0 Å². The van der Waals surface area contributed by atoms with Crippen LogP contribution >= 0.6 is 0 Å². The van der Waals surface area contributed by atoms with Crippen LogP contribution in [0.25, 0.3) is 0 Å². The van der Waals surface area contributed by atoms with Gasteiger partial charge >= 0.3 is 12.2 Å². The number of halogens is 3. The molecule has 1 aliphatic heterocycles. The number of alkyl halides is 3. The second kappa shape index (κ2) is 3.15. The molecule has 0 saturated heterocycles. The zero-order valence-corrected chi connectivity index (χ0v) is 7.48. The van der Waals surface area contributed by atoms with E-state index in [1.165, 1.54) is 12.1 Å². The molecular weight excluding hydrogens is 209 g/mol. The SMILES string of the molecule is O=C1NCc2cccc(C(F)(F)F)c2N1. The van der Waals surface area contributed by atoms with Crippen molar-refractivity contribution in [3.05, 3.63) is 29.3 Å². The molecular formula is C9H7F3N2O. The molecule has 1 aromatic carbocycles. The molecule has 0 atom stereocenters. The van der Waals surface area contributed by atoms with Gasteiger partial charge in [0.1, 0.15) is 0 Å². The summed E-state index contributed by atoms with van der Waals surface area (Å²) in [5.41, 5.74) is -0.520. The monoisotopic (exact) mass is 216 g/mol. The molecule has 2 N–H and O–H groups in total. The summed E-state index contributed by atoms with van der Waals surface area (Å²) >= 11 is 0. The number of nitrogens with one attached hydrogen (secondary N) is 2. The summed E-state index contributed by atoms with van der Waals surface area (Å²) in [4.78, 5) is 10.9. The fraction of sp³-hybridized carbons (Fsp3) is 0.222. The smallest absolute Gasteiger partial charge is 0.334 e. The van der Waals surface area contributed by atoms with Crippen LogP contribution in [0.3, 0.4) is 0 Å². The first-order chi connectivity index (χ1) is 6.98. The number of para-hydroxylation sites is 1. The molecule has 1 aromatic rings. The third-order valence-corrected chi connectivity index (χ3v) is 2.13. The Bertz CT molecular complexity index is 414. The molecule has 6 heteroatoms. The molecule has 3 nitrogen and oxygen atoms in total. The van der Waals surface area contributed by atoms with Crippen molar-refractivity contribution in [2.24, 2.45) is 0 Å². The van der Waals surface area contributed by atoms with Gasteiger partial charge in [-0.2, -0.15) is 13.2 Å². The first kappa shape index (κ1) is 9.82. The van der Waals surface area contributed by atoms with Gasteiger partial charge in [-0.1, -0.05) is 12.1 Å². The van der Waals surface area contributed by atoms with Crippen molar-refractivity contribution in [1.82, 2.24) is 5.32 Å². The Morgan fingerprint density at radius 1 is 1.27 bits per heavy atom. The second-order valence-corrected chi connectivity index (χ2v) is 3.15. The van der Waals surface area contributed by atoms with Crippen molar-refractivity contribution < 1.29 is 18.0 Å². The van der Waals surface area contributed by atoms with Crippen LogP contribution < -0.4 is 10.6 Å². The van der Waals surface area contributed by atoms with Crippen LogP contribution in [-0.4, -0.2) is 6.03 Å². The number of carbonyl (C=O) groups is 1. The standard InChI is InChI=1S/C9H7F3N2O/c10-9(11,12)6-3-1-2-5-4-13-8(15)14-7(5)6/h1-3H,4H2,(H2,13,14,15). The minimum Gasteiger partial charge on any atom is -0.334 e. The number of amides is 2. The third kappa shape index (κ3) is 1.74. The molecule has 2 amide bonds. The average molecular weight is 216 g/mol. The van der Waals surface area contributed by atoms with E-state index < -0.39 is 17.8 Å². The van der Waals surface area contributed by atoms with Crippen molar-refractivity contribution in [2.45, 2.75) is 12.7 Å². The molecule has 0 aliphatic carbocycles. The molecule has 0 fully saturated rings. The van der Waals surface area contributed by atoms with Gasteiger partial charge in [-0.15, -0.1) is 0 Å². The van der Waals surface area contributed by atoms with Gasteiger partial charge in [-0.3, -0.25) is 0 Å². The molecule has 0 aromatic heterocycles. The van der Waals surface area contributed by atoms with Gasteiger partial charge in [0, 0.05) is 6.54 Å². The van der Waals surface area contributed by atoms with Gasteiger partial charge < -0.3 is 10.6 Å². The van der Waals surface area contributed by atoms with E-state index in [9.17, 15) is 18.0 Å². The predicted molar refractivity (Wildman–Crippen MR) is 47.3 cm³/mol. The van der Waals surface area contributed by atoms with Crippen LogP contribution in [0.15, 0.2) is 18.2 Å². The third-order valence-electron chi connectivity index (χ3n) is 2.13. The maximum Gasteiger partial charge on any atom is 0.418 e. The second-order valence-electron chi connectivity index (χ2n) is 3.15. The van der Waals surface area contributed by atoms with Crippen molar-refractivity contribution in [3.63, 3.8) is 0 Å². The van der Waals surface area contributed by atoms with Gasteiger partial charge in [0.05, 0.1) is 11.3 Å². The summed E-state index contributed by atoms with van der Waals surface area (Å²) in [7, 11) is 0. The fourth-order valence-electron chi connectivity index (χ4n) is 1.46. The van der Waals surface area contributed by atoms with Gasteiger partial charge in [0.25, 0.3) is 0 Å². The highest BCUT2D eigenvalue weighted by atomic mass is 19.4. The summed E-state index contributed by atoms with van der Waals surface area (Å²) in [6.07, 6.45) is -4.45. The normalized spacial score (nSPS) is 15.3. The predicted octanol–water partition coefficient (Wildman–Crippen LogP) is 2.34. The Labute approximate surface area is 83.3 Å². The molecule has 1 heterocycles. The summed E-state index contributed by atoms with van der Waals surface area (Å²) in [6, 6.07) is 3.20. The topological polar surface area (TPSA) is 41.1 Å². The van der Waals surface area contributed by atoms with Crippen LogP contribution in [0.2, 0.25) is 0 Å². The Balaban J connectivity index is 2.53. The Hall–Kier alpha value is -1.72. The van der Waals surface area contributed by atoms with Crippen molar-refractivity contribution in [2.75, 3.05) is 5.32 Å². The van der Waals surface area contributed by atoms with Crippen LogP contribution in [0.1, 0.15) is 11.1 Å². The van der Waals surface area contributed by atoms with Gasteiger partial charge in [0.2, 0.25) is 0 Å². The summed E-state index contributed by atoms with van der Waals surface area (Å²) < 4.78 is 37.6. The summed E-state index contributed by atoms with van der Waals surface area (Å²) in [5.74, 6) is 0. The first-order valence-corrected chi connectivity index (χ1v) is 4.22. The Morgan fingerprint density at radius 3 is 2.67 bits per heavy atom. The number of anilines is 1. The maximum atomic E-state index is 12.5. The molecule has 15 heavy (non-hydrogen) atoms. The van der Waals surface area contributed by atoms with E-state index in [-0.39, 0.29) is 12.2 Å². The highest BCUT2D eigenvalue weighted by Crippen LogP contribution is 2.37. The fourth-order valence-corrected chi connectivity index (χ4v) is 1.46. The van der Waals surface area contributed by atoms with Crippen molar-refractivity contribution in [1.29, 1.82) is 0 Å². The summed E-state index contributed by atoms with van der Waals surface area (Å²) in [6.45, 7) is 0.116. The van der Waals surface area contributed by atoms with E-state index in [1.54, 1.807) is 0 Å². The van der Waals surface area contributed by atoms with Crippen LogP contribution in [0, 0.1) is 0 Å². The highest BCUT2D eigenvalue weighted by molar-refractivity contribution is 5.93. The van der Waals surface area contributed by atoms with E-state index >= 15 is 0 Å². The molecule has 2 rings (SSSR count). The molecule has 0 unspecified atom stereocenters. The molecule has 0 bridgehead atoms. The van der Waals surface area contributed by atoms with Crippen LogP contribution in [0.4, 0.5) is 23.7 Å². The zero-order chi connectivity index (χ0) is 11.1. The largest absolute Gasteiger partial charge is 0.418 e. The van der Waals surface area contributed by atoms with E-state index in [2.05, 4.69) is 10.6 Å². The lowest BCUT2D eigenvalue weighted by Crippen LogP contribution is -2.34. The van der Waals surface area contributed by atoms with E-state index in [0.717, 1.165) is 6.07 Å². The lowest BCUT2D eigenvalue weighted by molar-refractivity contribution is -0.137. The maximum absolute atomic E-state index is 12.5. The number of benzene rings is 1. The number of hydrogen-bond acceptors (Lipinski definition) is 1. The molecule has 0 spiro atoms. The summed E-state index contributed by atoms with van der Waals surface area (Å²) in [5, 5.41) is 4.56. The van der Waals surface area contributed by atoms with E-state index in [1.807, 2.05) is 0 Å². The molecule has 80 valence electrons. The van der Waals surface area contributed by atoms with Gasteiger partial charge in [-0.05, 0) is 11.6 Å². The first-order valence-electron chi connectivity index (χ1n) is 4.22.